The Balaban J connectivity index is 1.43. The third-order valence-electron chi connectivity index (χ3n) is 6.01. The number of ether oxygens (including phenoxy) is 3. The lowest BCUT2D eigenvalue weighted by Crippen LogP contribution is -2.33. The highest BCUT2D eigenvalue weighted by molar-refractivity contribution is 5.95. The number of hydrogen-bond donors (Lipinski definition) is 0. The van der Waals surface area contributed by atoms with Gasteiger partial charge >= 0.3 is 5.63 Å². The summed E-state index contributed by atoms with van der Waals surface area (Å²) in [6, 6.07) is 21.3. The topological polar surface area (TPSA) is 61.1 Å². The fourth-order valence-corrected chi connectivity index (χ4v) is 4.30. The second-order valence-corrected chi connectivity index (χ2v) is 8.03. The summed E-state index contributed by atoms with van der Waals surface area (Å²) in [5.74, 6) is 2.20. The van der Waals surface area contributed by atoms with Gasteiger partial charge in [0.2, 0.25) is 0 Å². The smallest absolute Gasteiger partial charge is 0.336 e. The molecule has 0 saturated carbocycles. The van der Waals surface area contributed by atoms with Gasteiger partial charge in [0.05, 0.1) is 19.8 Å². The minimum atomic E-state index is -0.364. The molecule has 33 heavy (non-hydrogen) atoms. The fourth-order valence-electron chi connectivity index (χ4n) is 4.30. The number of methoxy groups -OCH3 is 2. The molecular weight excluding hydrogens is 418 g/mol. The van der Waals surface area contributed by atoms with Crippen LogP contribution in [0.25, 0.3) is 22.1 Å². The first-order valence-electron chi connectivity index (χ1n) is 10.9. The van der Waals surface area contributed by atoms with Crippen LogP contribution in [-0.4, -0.2) is 32.4 Å². The highest BCUT2D eigenvalue weighted by atomic mass is 16.5. The molecule has 1 aliphatic rings. The van der Waals surface area contributed by atoms with Crippen molar-refractivity contribution in [1.29, 1.82) is 0 Å². The third kappa shape index (κ3) is 4.17. The van der Waals surface area contributed by atoms with Crippen LogP contribution >= 0.6 is 0 Å². The van der Waals surface area contributed by atoms with Crippen molar-refractivity contribution in [2.75, 3.05) is 27.5 Å². The molecule has 1 aliphatic heterocycles. The van der Waals surface area contributed by atoms with Crippen LogP contribution in [0.5, 0.6) is 17.2 Å². The van der Waals surface area contributed by atoms with Gasteiger partial charge in [-0.15, -0.1) is 0 Å². The lowest BCUT2D eigenvalue weighted by Gasteiger charge is -2.29. The molecule has 0 amide bonds. The Labute approximate surface area is 191 Å². The van der Waals surface area contributed by atoms with E-state index in [0.29, 0.717) is 24.6 Å². The van der Waals surface area contributed by atoms with E-state index in [1.807, 2.05) is 60.7 Å². The Morgan fingerprint density at radius 1 is 0.939 bits per heavy atom. The minimum Gasteiger partial charge on any atom is -0.493 e. The highest BCUT2D eigenvalue weighted by Gasteiger charge is 2.22. The number of benzene rings is 3. The van der Waals surface area contributed by atoms with Crippen LogP contribution in [-0.2, 0) is 13.0 Å². The van der Waals surface area contributed by atoms with Crippen LogP contribution in [0.1, 0.15) is 11.1 Å². The number of fused-ring (bicyclic) bond motifs is 3. The first-order valence-corrected chi connectivity index (χ1v) is 10.9. The Kier molecular flexibility index (Phi) is 5.75. The van der Waals surface area contributed by atoms with Gasteiger partial charge < -0.3 is 18.6 Å². The molecule has 2 heterocycles. The molecule has 3 aromatic carbocycles. The highest BCUT2D eigenvalue weighted by Crippen LogP contribution is 2.36. The molecule has 0 unspecified atom stereocenters. The average Bonchev–Trinajstić information content (AvgIpc) is 2.87. The zero-order valence-corrected chi connectivity index (χ0v) is 18.7. The van der Waals surface area contributed by atoms with E-state index in [1.54, 1.807) is 20.3 Å². The van der Waals surface area contributed by atoms with Crippen LogP contribution in [0.3, 0.4) is 0 Å². The molecule has 0 fully saturated rings. The van der Waals surface area contributed by atoms with E-state index in [2.05, 4.69) is 4.90 Å². The molecule has 168 valence electrons. The summed E-state index contributed by atoms with van der Waals surface area (Å²) in [4.78, 5) is 14.6. The number of nitrogens with zero attached hydrogens (tertiary/aromatic N) is 1. The van der Waals surface area contributed by atoms with E-state index in [1.165, 1.54) is 0 Å². The van der Waals surface area contributed by atoms with Crippen molar-refractivity contribution in [1.82, 2.24) is 4.90 Å². The lowest BCUT2D eigenvalue weighted by molar-refractivity contribution is 0.0967. The van der Waals surface area contributed by atoms with E-state index in [-0.39, 0.29) is 5.63 Å². The van der Waals surface area contributed by atoms with Gasteiger partial charge in [0.15, 0.2) is 11.5 Å². The molecular formula is C27H25NO5. The Morgan fingerprint density at radius 3 is 2.55 bits per heavy atom. The van der Waals surface area contributed by atoms with Gasteiger partial charge in [-0.25, -0.2) is 4.79 Å². The Bertz CT molecular complexity index is 1350. The molecule has 0 spiro atoms. The molecule has 0 atom stereocenters. The maximum Gasteiger partial charge on any atom is 0.336 e. The van der Waals surface area contributed by atoms with E-state index in [0.717, 1.165) is 52.1 Å². The summed E-state index contributed by atoms with van der Waals surface area (Å²) in [6.07, 6.45) is 0.822. The zero-order chi connectivity index (χ0) is 22.8. The van der Waals surface area contributed by atoms with Crippen LogP contribution < -0.4 is 19.8 Å². The molecule has 6 heteroatoms. The van der Waals surface area contributed by atoms with E-state index in [9.17, 15) is 4.79 Å². The summed E-state index contributed by atoms with van der Waals surface area (Å²) in [5.41, 5.74) is 4.13. The first-order chi connectivity index (χ1) is 16.2. The summed E-state index contributed by atoms with van der Waals surface area (Å²) >= 11 is 0. The predicted molar refractivity (Wildman–Crippen MR) is 127 cm³/mol. The van der Waals surface area contributed by atoms with Crippen LogP contribution in [0.15, 0.2) is 75.9 Å². The van der Waals surface area contributed by atoms with Gasteiger partial charge in [0.1, 0.15) is 18.1 Å². The van der Waals surface area contributed by atoms with Crippen molar-refractivity contribution in [2.24, 2.45) is 0 Å². The molecule has 4 aromatic rings. The first kappa shape index (κ1) is 21.1. The van der Waals surface area contributed by atoms with E-state index in [4.69, 9.17) is 18.6 Å². The minimum absolute atomic E-state index is 0.364. The molecule has 0 bridgehead atoms. The summed E-state index contributed by atoms with van der Waals surface area (Å²) in [5, 5.41) is 0.907. The lowest BCUT2D eigenvalue weighted by atomic mass is 9.99. The second kappa shape index (κ2) is 9.00. The van der Waals surface area contributed by atoms with Gasteiger partial charge in [-0.05, 0) is 47.4 Å². The summed E-state index contributed by atoms with van der Waals surface area (Å²) in [7, 11) is 3.27. The fraction of sp³-hybridized carbons (Fsp3) is 0.222. The number of hydrogen-bond acceptors (Lipinski definition) is 6. The quantitative estimate of drug-likeness (QED) is 0.396. The predicted octanol–water partition coefficient (Wildman–Crippen LogP) is 4.87. The van der Waals surface area contributed by atoms with Gasteiger partial charge in [-0.2, -0.15) is 0 Å². The van der Waals surface area contributed by atoms with Crippen LogP contribution in [0.4, 0.5) is 0 Å². The van der Waals surface area contributed by atoms with Crippen molar-refractivity contribution in [2.45, 2.75) is 13.0 Å². The van der Waals surface area contributed by atoms with Crippen molar-refractivity contribution < 1.29 is 18.6 Å². The maximum absolute atomic E-state index is 12.4. The zero-order valence-electron chi connectivity index (χ0n) is 18.7. The van der Waals surface area contributed by atoms with Gasteiger partial charge in [-0.3, -0.25) is 4.90 Å². The van der Waals surface area contributed by atoms with Gasteiger partial charge in [-0.1, -0.05) is 36.4 Å². The van der Waals surface area contributed by atoms with Crippen molar-refractivity contribution in [3.8, 4) is 28.4 Å². The third-order valence-corrected chi connectivity index (χ3v) is 6.01. The number of rotatable bonds is 6. The van der Waals surface area contributed by atoms with Gasteiger partial charge in [0, 0.05) is 24.5 Å². The van der Waals surface area contributed by atoms with Crippen molar-refractivity contribution >= 4 is 11.0 Å². The average molecular weight is 443 g/mol. The summed E-state index contributed by atoms with van der Waals surface area (Å²) in [6.45, 7) is 1.91. The van der Waals surface area contributed by atoms with Gasteiger partial charge in [0.25, 0.3) is 0 Å². The monoisotopic (exact) mass is 443 g/mol. The molecule has 0 N–H and O–H groups in total. The Morgan fingerprint density at radius 2 is 1.76 bits per heavy atom. The SMILES string of the molecule is COc1ccc(CCN2COc3ccc4c(-c5ccccc5)cc(=O)oc4c3C2)cc1OC. The molecule has 0 aliphatic carbocycles. The molecule has 0 radical (unpaired) electrons. The van der Waals surface area contributed by atoms with Crippen molar-refractivity contribution in [3.63, 3.8) is 0 Å². The molecule has 6 nitrogen and oxygen atoms in total. The van der Waals surface area contributed by atoms with Crippen molar-refractivity contribution in [3.05, 3.63) is 88.3 Å². The summed E-state index contributed by atoms with van der Waals surface area (Å²) < 4.78 is 22.5. The van der Waals surface area contributed by atoms with Crippen LogP contribution in [0.2, 0.25) is 0 Å². The molecule has 0 saturated heterocycles. The van der Waals surface area contributed by atoms with Crippen LogP contribution in [0, 0.1) is 0 Å². The Hall–Kier alpha value is -3.77. The standard InChI is InChI=1S/C27H25NO5/c1-30-24-10-8-18(14-25(24)31-2)12-13-28-16-22-23(32-17-28)11-9-20-21(15-26(29)33-27(20)22)19-6-4-3-5-7-19/h3-11,14-15H,12-13,16-17H2,1-2H3. The molecule has 5 rings (SSSR count). The molecule has 1 aromatic heterocycles. The maximum atomic E-state index is 12.4. The van der Waals surface area contributed by atoms with E-state index < -0.39 is 0 Å². The largest absolute Gasteiger partial charge is 0.493 e. The van der Waals surface area contributed by atoms with E-state index >= 15 is 0 Å². The second-order valence-electron chi connectivity index (χ2n) is 8.03. The normalized spacial score (nSPS) is 13.4.